The summed E-state index contributed by atoms with van der Waals surface area (Å²) in [6.45, 7) is 7.29. The molecule has 0 aromatic carbocycles. The van der Waals surface area contributed by atoms with E-state index in [1.165, 1.54) is 0 Å². The molecule has 1 aliphatic rings. The van der Waals surface area contributed by atoms with E-state index in [1.54, 1.807) is 11.3 Å². The Morgan fingerprint density at radius 1 is 1.53 bits per heavy atom. The van der Waals surface area contributed by atoms with E-state index >= 15 is 0 Å². The number of morpholine rings is 1. The molecule has 0 bridgehead atoms. The van der Waals surface area contributed by atoms with Crippen LogP contribution in [0.15, 0.2) is 16.8 Å². The van der Waals surface area contributed by atoms with Crippen molar-refractivity contribution in [3.63, 3.8) is 0 Å². The van der Waals surface area contributed by atoms with Crippen LogP contribution in [-0.4, -0.2) is 42.5 Å². The molecular formula is C13H19NO2S. The van der Waals surface area contributed by atoms with Crippen LogP contribution >= 0.6 is 11.3 Å². The SMILES string of the molecule is CCC(C)(C(=O)c1ccsc1)N1CCOCC1. The van der Waals surface area contributed by atoms with Crippen molar-refractivity contribution in [2.75, 3.05) is 26.3 Å². The van der Waals surface area contributed by atoms with Crippen LogP contribution in [0.3, 0.4) is 0 Å². The Bertz CT molecular complexity index is 371. The summed E-state index contributed by atoms with van der Waals surface area (Å²) in [6, 6.07) is 1.92. The predicted octanol–water partition coefficient (Wildman–Crippen LogP) is 2.43. The van der Waals surface area contributed by atoms with Crippen molar-refractivity contribution in [1.82, 2.24) is 4.90 Å². The number of carbonyl (C=O) groups is 1. The van der Waals surface area contributed by atoms with E-state index in [4.69, 9.17) is 4.74 Å². The molecule has 1 aromatic heterocycles. The van der Waals surface area contributed by atoms with Crippen molar-refractivity contribution in [3.8, 4) is 0 Å². The summed E-state index contributed by atoms with van der Waals surface area (Å²) in [5.41, 5.74) is 0.455. The first-order valence-corrected chi connectivity index (χ1v) is 7.02. The Balaban J connectivity index is 2.20. The number of carbonyl (C=O) groups excluding carboxylic acids is 1. The summed E-state index contributed by atoms with van der Waals surface area (Å²) in [5.74, 6) is 0.239. The Labute approximate surface area is 106 Å². The predicted molar refractivity (Wildman–Crippen MR) is 69.7 cm³/mol. The van der Waals surface area contributed by atoms with Gasteiger partial charge in [-0.2, -0.15) is 11.3 Å². The van der Waals surface area contributed by atoms with Gasteiger partial charge in [-0.25, -0.2) is 0 Å². The molecule has 0 aliphatic carbocycles. The van der Waals surface area contributed by atoms with Crippen LogP contribution in [0.1, 0.15) is 30.6 Å². The first kappa shape index (κ1) is 12.7. The molecule has 1 aliphatic heterocycles. The van der Waals surface area contributed by atoms with Gasteiger partial charge in [0.25, 0.3) is 0 Å². The van der Waals surface area contributed by atoms with Crippen molar-refractivity contribution < 1.29 is 9.53 Å². The Morgan fingerprint density at radius 3 is 2.76 bits per heavy atom. The summed E-state index contributed by atoms with van der Waals surface area (Å²) >= 11 is 1.58. The maximum Gasteiger partial charge on any atom is 0.183 e. The number of hydrogen-bond donors (Lipinski definition) is 0. The van der Waals surface area contributed by atoms with Crippen LogP contribution in [0.25, 0.3) is 0 Å². The van der Waals surface area contributed by atoms with E-state index in [0.717, 1.165) is 38.3 Å². The minimum absolute atomic E-state index is 0.239. The fourth-order valence-corrected chi connectivity index (χ4v) is 2.93. The quantitative estimate of drug-likeness (QED) is 0.772. The molecule has 0 spiro atoms. The second kappa shape index (κ2) is 5.29. The average molecular weight is 253 g/mol. The Kier molecular flexibility index (Phi) is 3.97. The molecular weight excluding hydrogens is 234 g/mol. The summed E-state index contributed by atoms with van der Waals surface area (Å²) in [6.07, 6.45) is 0.835. The zero-order valence-corrected chi connectivity index (χ0v) is 11.3. The fraction of sp³-hybridized carbons (Fsp3) is 0.615. The fourth-order valence-electron chi connectivity index (χ4n) is 2.29. The lowest BCUT2D eigenvalue weighted by Crippen LogP contribution is -2.55. The molecule has 2 rings (SSSR count). The molecule has 0 amide bonds. The smallest absolute Gasteiger partial charge is 0.183 e. The van der Waals surface area contributed by atoms with Gasteiger partial charge < -0.3 is 4.74 Å². The van der Waals surface area contributed by atoms with Gasteiger partial charge in [-0.3, -0.25) is 9.69 Å². The normalized spacial score (nSPS) is 21.1. The number of nitrogens with zero attached hydrogens (tertiary/aromatic N) is 1. The van der Waals surface area contributed by atoms with Crippen molar-refractivity contribution in [2.24, 2.45) is 0 Å². The molecule has 4 heteroatoms. The van der Waals surface area contributed by atoms with Gasteiger partial charge in [0.1, 0.15) is 0 Å². The van der Waals surface area contributed by atoms with E-state index in [1.807, 2.05) is 16.8 Å². The van der Waals surface area contributed by atoms with Gasteiger partial charge in [0.05, 0.1) is 18.8 Å². The third kappa shape index (κ3) is 2.44. The highest BCUT2D eigenvalue weighted by Crippen LogP contribution is 2.26. The average Bonchev–Trinajstić information content (AvgIpc) is 2.92. The van der Waals surface area contributed by atoms with E-state index in [9.17, 15) is 4.79 Å². The first-order valence-electron chi connectivity index (χ1n) is 6.08. The van der Waals surface area contributed by atoms with Crippen LogP contribution in [0.4, 0.5) is 0 Å². The van der Waals surface area contributed by atoms with Crippen LogP contribution in [-0.2, 0) is 4.74 Å². The van der Waals surface area contributed by atoms with E-state index < -0.39 is 0 Å². The molecule has 0 saturated carbocycles. The van der Waals surface area contributed by atoms with Gasteiger partial charge in [0.2, 0.25) is 0 Å². The van der Waals surface area contributed by atoms with Crippen molar-refractivity contribution >= 4 is 17.1 Å². The third-order valence-corrected chi connectivity index (χ3v) is 4.35. The lowest BCUT2D eigenvalue weighted by Gasteiger charge is -2.41. The van der Waals surface area contributed by atoms with Crippen molar-refractivity contribution in [1.29, 1.82) is 0 Å². The molecule has 0 radical (unpaired) electrons. The highest BCUT2D eigenvalue weighted by molar-refractivity contribution is 7.08. The zero-order valence-electron chi connectivity index (χ0n) is 10.4. The standard InChI is InChI=1S/C13H19NO2S/c1-3-13(2,14-5-7-16-8-6-14)12(15)11-4-9-17-10-11/h4,9-10H,3,5-8H2,1-2H3. The minimum atomic E-state index is -0.384. The van der Waals surface area contributed by atoms with Crippen LogP contribution < -0.4 is 0 Å². The molecule has 1 atom stereocenters. The molecule has 2 heterocycles. The molecule has 1 saturated heterocycles. The third-order valence-electron chi connectivity index (χ3n) is 3.67. The second-order valence-electron chi connectivity index (χ2n) is 4.57. The van der Waals surface area contributed by atoms with E-state index in [-0.39, 0.29) is 11.3 Å². The topological polar surface area (TPSA) is 29.5 Å². The molecule has 94 valence electrons. The maximum atomic E-state index is 12.6. The molecule has 1 fully saturated rings. The van der Waals surface area contributed by atoms with Crippen LogP contribution in [0, 0.1) is 0 Å². The summed E-state index contributed by atoms with van der Waals surface area (Å²) in [7, 11) is 0. The number of ketones is 1. The zero-order chi connectivity index (χ0) is 12.3. The number of Topliss-reactive ketones (excluding diaryl/α,β-unsaturated/α-hetero) is 1. The van der Waals surface area contributed by atoms with Gasteiger partial charge in [-0.05, 0) is 24.8 Å². The number of ether oxygens (including phenoxy) is 1. The van der Waals surface area contributed by atoms with Gasteiger partial charge in [0, 0.05) is 24.0 Å². The maximum absolute atomic E-state index is 12.6. The summed E-state index contributed by atoms with van der Waals surface area (Å²) in [4.78, 5) is 14.8. The molecule has 0 N–H and O–H groups in total. The Morgan fingerprint density at radius 2 is 2.24 bits per heavy atom. The van der Waals surface area contributed by atoms with Crippen LogP contribution in [0.5, 0.6) is 0 Å². The minimum Gasteiger partial charge on any atom is -0.379 e. The number of thiophene rings is 1. The highest BCUT2D eigenvalue weighted by atomic mass is 32.1. The number of rotatable bonds is 4. The lowest BCUT2D eigenvalue weighted by atomic mass is 9.87. The van der Waals surface area contributed by atoms with Crippen molar-refractivity contribution in [2.45, 2.75) is 25.8 Å². The highest BCUT2D eigenvalue weighted by Gasteiger charge is 2.38. The lowest BCUT2D eigenvalue weighted by molar-refractivity contribution is -0.0106. The summed E-state index contributed by atoms with van der Waals surface area (Å²) < 4.78 is 5.36. The largest absolute Gasteiger partial charge is 0.379 e. The van der Waals surface area contributed by atoms with E-state index in [2.05, 4.69) is 18.7 Å². The molecule has 1 unspecified atom stereocenters. The van der Waals surface area contributed by atoms with E-state index in [0.29, 0.717) is 0 Å². The van der Waals surface area contributed by atoms with Crippen molar-refractivity contribution in [3.05, 3.63) is 22.4 Å². The van der Waals surface area contributed by atoms with Crippen LogP contribution in [0.2, 0.25) is 0 Å². The van der Waals surface area contributed by atoms with Gasteiger partial charge in [0.15, 0.2) is 5.78 Å². The molecule has 3 nitrogen and oxygen atoms in total. The Hall–Kier alpha value is -0.710. The monoisotopic (exact) mass is 253 g/mol. The summed E-state index contributed by atoms with van der Waals surface area (Å²) in [5, 5.41) is 3.90. The second-order valence-corrected chi connectivity index (χ2v) is 5.35. The van der Waals surface area contributed by atoms with Gasteiger partial charge in [-0.15, -0.1) is 0 Å². The van der Waals surface area contributed by atoms with Gasteiger partial charge >= 0.3 is 0 Å². The number of hydrogen-bond acceptors (Lipinski definition) is 4. The molecule has 17 heavy (non-hydrogen) atoms. The van der Waals surface area contributed by atoms with Gasteiger partial charge in [-0.1, -0.05) is 6.92 Å². The molecule has 1 aromatic rings. The first-order chi connectivity index (χ1) is 8.18.